The molecular weight excluding hydrogens is 390 g/mol. The molecule has 5 heteroatoms. The maximum atomic E-state index is 12.8. The Kier molecular flexibility index (Phi) is 9.86. The zero-order chi connectivity index (χ0) is 22.8. The van der Waals surface area contributed by atoms with Crippen molar-refractivity contribution in [3.8, 4) is 11.5 Å². The molecule has 1 amide bonds. The number of rotatable bonds is 12. The second-order valence-electron chi connectivity index (χ2n) is 8.39. The molecule has 2 aromatic rings. The van der Waals surface area contributed by atoms with E-state index < -0.39 is 6.10 Å². The Balaban J connectivity index is 1.90. The Morgan fingerprint density at radius 3 is 2.19 bits per heavy atom. The predicted octanol–water partition coefficient (Wildman–Crippen LogP) is 4.88. The van der Waals surface area contributed by atoms with E-state index in [-0.39, 0.29) is 18.1 Å². The molecule has 170 valence electrons. The SMILES string of the molecule is COc1cc(CCNC(=O)C(CCc2ccc(C)cc2)OC(C)C)ccc1OC(C)C. The molecule has 0 radical (unpaired) electrons. The Bertz CT molecular complexity index is 815. The van der Waals surface area contributed by atoms with Crippen molar-refractivity contribution in [2.24, 2.45) is 0 Å². The van der Waals surface area contributed by atoms with E-state index in [1.54, 1.807) is 7.11 Å². The van der Waals surface area contributed by atoms with E-state index in [4.69, 9.17) is 14.2 Å². The number of aryl methyl sites for hydroxylation is 2. The molecule has 0 aliphatic heterocycles. The molecule has 0 heterocycles. The van der Waals surface area contributed by atoms with Crippen molar-refractivity contribution in [3.05, 3.63) is 59.2 Å². The van der Waals surface area contributed by atoms with Gasteiger partial charge in [-0.2, -0.15) is 0 Å². The lowest BCUT2D eigenvalue weighted by Gasteiger charge is -2.20. The number of hydrogen-bond acceptors (Lipinski definition) is 4. The summed E-state index contributed by atoms with van der Waals surface area (Å²) in [6.07, 6.45) is 1.78. The lowest BCUT2D eigenvalue weighted by molar-refractivity contribution is -0.136. The van der Waals surface area contributed by atoms with E-state index >= 15 is 0 Å². The van der Waals surface area contributed by atoms with Gasteiger partial charge < -0.3 is 19.5 Å². The van der Waals surface area contributed by atoms with Gasteiger partial charge in [-0.15, -0.1) is 0 Å². The van der Waals surface area contributed by atoms with Crippen LogP contribution in [0.1, 0.15) is 50.8 Å². The first kappa shape index (κ1) is 24.7. The molecule has 0 saturated heterocycles. The van der Waals surface area contributed by atoms with Gasteiger partial charge in [-0.1, -0.05) is 35.9 Å². The third-order valence-electron chi connectivity index (χ3n) is 4.85. The summed E-state index contributed by atoms with van der Waals surface area (Å²) in [4.78, 5) is 12.8. The van der Waals surface area contributed by atoms with Crippen LogP contribution in [0.15, 0.2) is 42.5 Å². The molecule has 0 bridgehead atoms. The lowest BCUT2D eigenvalue weighted by Crippen LogP contribution is -2.39. The lowest BCUT2D eigenvalue weighted by atomic mass is 10.0. The van der Waals surface area contributed by atoms with Crippen LogP contribution in [0.3, 0.4) is 0 Å². The van der Waals surface area contributed by atoms with Crippen LogP contribution in [0.5, 0.6) is 11.5 Å². The van der Waals surface area contributed by atoms with Crippen molar-refractivity contribution in [1.29, 1.82) is 0 Å². The number of benzene rings is 2. The van der Waals surface area contributed by atoms with Crippen LogP contribution in [0.2, 0.25) is 0 Å². The van der Waals surface area contributed by atoms with Crippen molar-refractivity contribution in [3.63, 3.8) is 0 Å². The van der Waals surface area contributed by atoms with Gasteiger partial charge >= 0.3 is 0 Å². The number of amides is 1. The van der Waals surface area contributed by atoms with Crippen LogP contribution in [0.4, 0.5) is 0 Å². The monoisotopic (exact) mass is 427 g/mol. The molecule has 1 N–H and O–H groups in total. The van der Waals surface area contributed by atoms with Gasteiger partial charge in [-0.25, -0.2) is 0 Å². The summed E-state index contributed by atoms with van der Waals surface area (Å²) in [5.41, 5.74) is 3.53. The molecule has 2 aromatic carbocycles. The maximum Gasteiger partial charge on any atom is 0.249 e. The summed E-state index contributed by atoms with van der Waals surface area (Å²) in [5.74, 6) is 1.37. The predicted molar refractivity (Wildman–Crippen MR) is 125 cm³/mol. The molecule has 5 nitrogen and oxygen atoms in total. The van der Waals surface area contributed by atoms with Crippen LogP contribution in [-0.2, 0) is 22.4 Å². The van der Waals surface area contributed by atoms with Gasteiger partial charge in [-0.05, 0) is 77.1 Å². The molecule has 0 aromatic heterocycles. The molecule has 1 unspecified atom stereocenters. The maximum absolute atomic E-state index is 12.8. The van der Waals surface area contributed by atoms with Crippen molar-refractivity contribution >= 4 is 5.91 Å². The molecule has 31 heavy (non-hydrogen) atoms. The minimum atomic E-state index is -0.461. The van der Waals surface area contributed by atoms with E-state index in [0.29, 0.717) is 25.1 Å². The van der Waals surface area contributed by atoms with Crippen LogP contribution >= 0.6 is 0 Å². The van der Waals surface area contributed by atoms with Crippen LogP contribution < -0.4 is 14.8 Å². The molecule has 1 atom stereocenters. The zero-order valence-corrected chi connectivity index (χ0v) is 19.7. The van der Waals surface area contributed by atoms with Gasteiger partial charge in [-0.3, -0.25) is 4.79 Å². The highest BCUT2D eigenvalue weighted by molar-refractivity contribution is 5.80. The quantitative estimate of drug-likeness (QED) is 0.525. The molecule has 0 fully saturated rings. The molecular formula is C26H37NO4. The summed E-state index contributed by atoms with van der Waals surface area (Å²) in [5, 5.41) is 3.03. The number of carbonyl (C=O) groups excluding carboxylic acids is 1. The standard InChI is InChI=1S/C26H37NO4/c1-18(2)30-23-13-12-22(17-25(23)29-6)15-16-27-26(28)24(31-19(3)4)14-11-21-9-7-20(5)8-10-21/h7-10,12-13,17-19,24H,11,14-16H2,1-6H3,(H,27,28). The van der Waals surface area contributed by atoms with E-state index in [1.165, 1.54) is 11.1 Å². The van der Waals surface area contributed by atoms with Gasteiger partial charge in [0.25, 0.3) is 0 Å². The minimum absolute atomic E-state index is 0.00784. The van der Waals surface area contributed by atoms with Crippen LogP contribution in [-0.4, -0.2) is 37.9 Å². The zero-order valence-electron chi connectivity index (χ0n) is 19.7. The van der Waals surface area contributed by atoms with Gasteiger partial charge in [0.15, 0.2) is 11.5 Å². The molecule has 0 saturated carbocycles. The third-order valence-corrected chi connectivity index (χ3v) is 4.85. The number of carbonyl (C=O) groups is 1. The number of hydrogen-bond donors (Lipinski definition) is 1. The molecule has 2 rings (SSSR count). The summed E-state index contributed by atoms with van der Waals surface area (Å²) >= 11 is 0. The van der Waals surface area contributed by atoms with Crippen molar-refractivity contribution in [2.75, 3.05) is 13.7 Å². The van der Waals surface area contributed by atoms with Gasteiger partial charge in [0.1, 0.15) is 6.10 Å². The van der Waals surface area contributed by atoms with Crippen LogP contribution in [0.25, 0.3) is 0 Å². The largest absolute Gasteiger partial charge is 0.493 e. The fourth-order valence-corrected chi connectivity index (χ4v) is 3.30. The van der Waals surface area contributed by atoms with E-state index in [9.17, 15) is 4.79 Å². The summed E-state index contributed by atoms with van der Waals surface area (Å²) in [7, 11) is 1.63. The van der Waals surface area contributed by atoms with Crippen LogP contribution in [0, 0.1) is 6.92 Å². The summed E-state index contributed by atoms with van der Waals surface area (Å²) in [6.45, 7) is 10.5. The van der Waals surface area contributed by atoms with E-state index in [2.05, 4.69) is 36.5 Å². The third kappa shape index (κ3) is 8.62. The summed E-state index contributed by atoms with van der Waals surface area (Å²) in [6, 6.07) is 14.3. The Morgan fingerprint density at radius 2 is 1.58 bits per heavy atom. The number of ether oxygens (including phenoxy) is 3. The molecule has 0 aliphatic carbocycles. The smallest absolute Gasteiger partial charge is 0.249 e. The first-order chi connectivity index (χ1) is 14.8. The Labute approximate surface area is 187 Å². The summed E-state index contributed by atoms with van der Waals surface area (Å²) < 4.78 is 17.1. The molecule has 0 aliphatic rings. The van der Waals surface area contributed by atoms with Crippen molar-refractivity contribution in [1.82, 2.24) is 5.32 Å². The number of nitrogens with one attached hydrogen (secondary N) is 1. The van der Waals surface area contributed by atoms with Crippen molar-refractivity contribution in [2.45, 2.75) is 72.2 Å². The first-order valence-electron chi connectivity index (χ1n) is 11.1. The average molecular weight is 428 g/mol. The number of methoxy groups -OCH3 is 1. The normalized spacial score (nSPS) is 12.1. The highest BCUT2D eigenvalue weighted by Crippen LogP contribution is 2.29. The van der Waals surface area contributed by atoms with Gasteiger partial charge in [0.2, 0.25) is 5.91 Å². The Hall–Kier alpha value is -2.53. The fraction of sp³-hybridized carbons (Fsp3) is 0.500. The van der Waals surface area contributed by atoms with Gasteiger partial charge in [0, 0.05) is 6.54 Å². The minimum Gasteiger partial charge on any atom is -0.493 e. The van der Waals surface area contributed by atoms with Gasteiger partial charge in [0.05, 0.1) is 19.3 Å². The highest BCUT2D eigenvalue weighted by atomic mass is 16.5. The van der Waals surface area contributed by atoms with Crippen molar-refractivity contribution < 1.29 is 19.0 Å². The topological polar surface area (TPSA) is 56.8 Å². The van der Waals surface area contributed by atoms with E-state index in [0.717, 1.165) is 17.7 Å². The second kappa shape index (κ2) is 12.4. The highest BCUT2D eigenvalue weighted by Gasteiger charge is 2.20. The second-order valence-corrected chi connectivity index (χ2v) is 8.39. The molecule has 0 spiro atoms. The van der Waals surface area contributed by atoms with E-state index in [1.807, 2.05) is 45.9 Å². The first-order valence-corrected chi connectivity index (χ1v) is 11.1. The average Bonchev–Trinajstić information content (AvgIpc) is 2.72. The fourth-order valence-electron chi connectivity index (χ4n) is 3.30. The Morgan fingerprint density at radius 1 is 0.903 bits per heavy atom.